The molecular weight excluding hydrogens is 250 g/mol. The molecule has 0 bridgehead atoms. The molecule has 0 atom stereocenters. The average Bonchev–Trinajstić information content (AvgIpc) is 2.53. The molecule has 0 aliphatic heterocycles. The first-order valence-corrected chi connectivity index (χ1v) is 10.4. The summed E-state index contributed by atoms with van der Waals surface area (Å²) in [5.41, 5.74) is -0.279. The zero-order valence-electron chi connectivity index (χ0n) is 13.3. The van der Waals surface area contributed by atoms with Crippen LogP contribution in [0.5, 0.6) is 0 Å². The van der Waals surface area contributed by atoms with E-state index >= 15 is 0 Å². The third-order valence-electron chi connectivity index (χ3n) is 4.77. The van der Waals surface area contributed by atoms with Gasteiger partial charge in [0.25, 0.3) is 0 Å². The summed E-state index contributed by atoms with van der Waals surface area (Å²) in [7, 11) is -1.74. The summed E-state index contributed by atoms with van der Waals surface area (Å²) in [5.74, 6) is 0. The molecule has 0 aromatic carbocycles. The highest BCUT2D eigenvalue weighted by Crippen LogP contribution is 2.38. The smallest absolute Gasteiger partial charge is 0.249 e. The van der Waals surface area contributed by atoms with Crippen molar-refractivity contribution in [2.24, 2.45) is 5.41 Å². The van der Waals surface area contributed by atoms with Crippen molar-refractivity contribution in [3.63, 3.8) is 0 Å². The molecule has 1 rings (SSSR count). The van der Waals surface area contributed by atoms with Gasteiger partial charge in [0, 0.05) is 0 Å². The van der Waals surface area contributed by atoms with Crippen LogP contribution in [0.2, 0.25) is 18.1 Å². The van der Waals surface area contributed by atoms with Crippen LogP contribution in [0.1, 0.15) is 59.3 Å². The van der Waals surface area contributed by atoms with Crippen LogP contribution in [0.4, 0.5) is 0 Å². The van der Waals surface area contributed by atoms with Crippen LogP contribution in [0.25, 0.3) is 0 Å². The molecule has 1 saturated carbocycles. The molecule has 19 heavy (non-hydrogen) atoms. The maximum absolute atomic E-state index is 9.51. The fourth-order valence-electron chi connectivity index (χ4n) is 2.19. The lowest BCUT2D eigenvalue weighted by Gasteiger charge is -2.35. The van der Waals surface area contributed by atoms with Gasteiger partial charge < -0.3 is 4.43 Å². The van der Waals surface area contributed by atoms with E-state index < -0.39 is 8.32 Å². The lowest BCUT2D eigenvalue weighted by atomic mass is 9.82. The highest BCUT2D eigenvalue weighted by Gasteiger charge is 2.38. The van der Waals surface area contributed by atoms with Gasteiger partial charge in [-0.2, -0.15) is 5.26 Å². The fraction of sp³-hybridized carbons (Fsp3) is 0.812. The molecule has 0 saturated heterocycles. The molecular formula is C16H29NOSi. The largest absolute Gasteiger partial charge is 0.549 e. The highest BCUT2D eigenvalue weighted by molar-refractivity contribution is 6.74. The minimum atomic E-state index is -1.74. The van der Waals surface area contributed by atoms with Gasteiger partial charge >= 0.3 is 0 Å². The van der Waals surface area contributed by atoms with E-state index in [1.165, 1.54) is 12.8 Å². The van der Waals surface area contributed by atoms with E-state index in [0.29, 0.717) is 0 Å². The van der Waals surface area contributed by atoms with Crippen LogP contribution in [0, 0.1) is 16.7 Å². The zero-order chi connectivity index (χ0) is 14.6. The van der Waals surface area contributed by atoms with Gasteiger partial charge in [-0.05, 0) is 37.0 Å². The number of allylic oxidation sites excluding steroid dienone is 1. The van der Waals surface area contributed by atoms with Crippen LogP contribution in [-0.2, 0) is 4.43 Å². The number of hydrogen-bond donors (Lipinski definition) is 0. The Morgan fingerprint density at radius 2 is 1.63 bits per heavy atom. The predicted molar refractivity (Wildman–Crippen MR) is 83.2 cm³/mol. The summed E-state index contributed by atoms with van der Waals surface area (Å²) in [6.07, 6.45) is 10.7. The summed E-state index contributed by atoms with van der Waals surface area (Å²) >= 11 is 0. The van der Waals surface area contributed by atoms with E-state index in [4.69, 9.17) is 4.43 Å². The molecule has 0 radical (unpaired) electrons. The molecule has 0 N–H and O–H groups in total. The Morgan fingerprint density at radius 3 is 2.05 bits per heavy atom. The normalized spacial score (nSPS) is 20.8. The Hall–Kier alpha value is -0.753. The Labute approximate surface area is 120 Å². The first kappa shape index (κ1) is 16.3. The molecule has 2 nitrogen and oxygen atoms in total. The quantitative estimate of drug-likeness (QED) is 0.394. The van der Waals surface area contributed by atoms with Crippen molar-refractivity contribution < 1.29 is 4.43 Å². The van der Waals surface area contributed by atoms with E-state index in [2.05, 4.69) is 39.9 Å². The first-order chi connectivity index (χ1) is 8.72. The Balaban J connectivity index is 2.71. The van der Waals surface area contributed by atoms with Gasteiger partial charge in [-0.25, -0.2) is 0 Å². The van der Waals surface area contributed by atoms with Crippen molar-refractivity contribution in [3.8, 4) is 6.07 Å². The first-order valence-electron chi connectivity index (χ1n) is 7.49. The van der Waals surface area contributed by atoms with Crippen LogP contribution >= 0.6 is 0 Å². The van der Waals surface area contributed by atoms with Crippen molar-refractivity contribution in [1.82, 2.24) is 0 Å². The minimum Gasteiger partial charge on any atom is -0.549 e. The number of nitrogens with zero attached hydrogens (tertiary/aromatic N) is 1. The van der Waals surface area contributed by atoms with E-state index in [0.717, 1.165) is 25.7 Å². The van der Waals surface area contributed by atoms with Crippen molar-refractivity contribution in [1.29, 1.82) is 5.26 Å². The van der Waals surface area contributed by atoms with Crippen molar-refractivity contribution in [2.45, 2.75) is 77.4 Å². The molecule has 0 unspecified atom stereocenters. The number of hydrogen-bond acceptors (Lipinski definition) is 2. The Kier molecular flexibility index (Phi) is 5.26. The van der Waals surface area contributed by atoms with Crippen LogP contribution in [0.3, 0.4) is 0 Å². The molecule has 1 aliphatic carbocycles. The van der Waals surface area contributed by atoms with Gasteiger partial charge in [-0.3, -0.25) is 0 Å². The molecule has 3 heteroatoms. The highest BCUT2D eigenvalue weighted by atomic mass is 28.4. The third-order valence-corrected chi connectivity index (χ3v) is 9.11. The SMILES string of the molecule is CC(C)(C)[Si](C)(C)O/C=C/C1(C#N)CCCCCC1. The molecule has 0 heterocycles. The van der Waals surface area contributed by atoms with E-state index in [1.807, 2.05) is 12.3 Å². The summed E-state index contributed by atoms with van der Waals surface area (Å²) in [4.78, 5) is 0. The molecule has 1 aliphatic rings. The molecule has 1 fully saturated rings. The van der Waals surface area contributed by atoms with Gasteiger partial charge in [0.05, 0.1) is 17.7 Å². The van der Waals surface area contributed by atoms with Crippen molar-refractivity contribution in [3.05, 3.63) is 12.3 Å². The second kappa shape index (κ2) is 6.13. The maximum atomic E-state index is 9.51. The zero-order valence-corrected chi connectivity index (χ0v) is 14.3. The van der Waals surface area contributed by atoms with Crippen LogP contribution in [0.15, 0.2) is 12.3 Å². The molecule has 0 amide bonds. The molecule has 0 aromatic rings. The summed E-state index contributed by atoms with van der Waals surface area (Å²) < 4.78 is 6.07. The van der Waals surface area contributed by atoms with Gasteiger partial charge in [0.2, 0.25) is 8.32 Å². The summed E-state index contributed by atoms with van der Waals surface area (Å²) in [6.45, 7) is 11.2. The Morgan fingerprint density at radius 1 is 1.11 bits per heavy atom. The molecule has 0 spiro atoms. The second-order valence-corrected chi connectivity index (χ2v) is 12.1. The lowest BCUT2D eigenvalue weighted by molar-refractivity contribution is 0.394. The third kappa shape index (κ3) is 4.38. The van der Waals surface area contributed by atoms with E-state index in [9.17, 15) is 5.26 Å². The van der Waals surface area contributed by atoms with Gasteiger partial charge in [-0.1, -0.05) is 46.5 Å². The molecule has 108 valence electrons. The summed E-state index contributed by atoms with van der Waals surface area (Å²) in [6, 6.07) is 2.53. The minimum absolute atomic E-state index is 0.209. The maximum Gasteiger partial charge on any atom is 0.249 e. The number of nitriles is 1. The fourth-order valence-corrected chi connectivity index (χ4v) is 2.95. The van der Waals surface area contributed by atoms with Crippen LogP contribution < -0.4 is 0 Å². The van der Waals surface area contributed by atoms with Gasteiger partial charge in [-0.15, -0.1) is 0 Å². The topological polar surface area (TPSA) is 33.0 Å². The van der Waals surface area contributed by atoms with Crippen molar-refractivity contribution >= 4 is 8.32 Å². The van der Waals surface area contributed by atoms with Gasteiger partial charge in [0.1, 0.15) is 0 Å². The van der Waals surface area contributed by atoms with E-state index in [1.54, 1.807) is 0 Å². The van der Waals surface area contributed by atoms with Crippen LogP contribution in [-0.4, -0.2) is 8.32 Å². The van der Waals surface area contributed by atoms with Gasteiger partial charge in [0.15, 0.2) is 0 Å². The monoisotopic (exact) mass is 279 g/mol. The van der Waals surface area contributed by atoms with E-state index in [-0.39, 0.29) is 10.5 Å². The lowest BCUT2D eigenvalue weighted by Crippen LogP contribution is -2.39. The second-order valence-electron chi connectivity index (χ2n) is 7.36. The number of rotatable bonds is 3. The standard InChI is InChI=1S/C16H29NOSi/c1-15(2,3)19(4,5)18-13-12-16(14-17)10-8-6-7-9-11-16/h12-13H,6-11H2,1-5H3/b13-12+. The average molecular weight is 280 g/mol. The summed E-state index contributed by atoms with van der Waals surface area (Å²) in [5, 5.41) is 9.72. The predicted octanol–water partition coefficient (Wildman–Crippen LogP) is 5.39. The Bertz CT molecular complexity index is 352. The molecule has 0 aromatic heterocycles. The van der Waals surface area contributed by atoms with Crippen molar-refractivity contribution in [2.75, 3.05) is 0 Å².